The highest BCUT2D eigenvalue weighted by Crippen LogP contribution is 2.18. The second kappa shape index (κ2) is 15.7. The first-order chi connectivity index (χ1) is 18.9. The van der Waals surface area contributed by atoms with Gasteiger partial charge < -0.3 is 20.7 Å². The molecule has 0 fully saturated rings. The van der Waals surface area contributed by atoms with E-state index in [1.807, 2.05) is 13.8 Å². The van der Waals surface area contributed by atoms with Crippen molar-refractivity contribution >= 4 is 29.5 Å². The predicted octanol–water partition coefficient (Wildman–Crippen LogP) is 5.71. The van der Waals surface area contributed by atoms with Gasteiger partial charge in [-0.15, -0.1) is 0 Å². The Morgan fingerprint density at radius 3 is 2.60 bits per heavy atom. The lowest BCUT2D eigenvalue weighted by molar-refractivity contribution is -0.126. The Bertz CT molecular complexity index is 1190. The van der Waals surface area contributed by atoms with E-state index >= 15 is 0 Å². The zero-order valence-electron chi connectivity index (χ0n) is 24.7. The van der Waals surface area contributed by atoms with Crippen molar-refractivity contribution in [1.82, 2.24) is 20.2 Å². The van der Waals surface area contributed by atoms with Crippen molar-refractivity contribution in [3.63, 3.8) is 0 Å². The number of nitrogens with zero attached hydrogens (tertiary/aromatic N) is 3. The second-order valence-corrected chi connectivity index (χ2v) is 11.0. The number of ether oxygens (including phenoxy) is 1. The maximum atomic E-state index is 13.5. The van der Waals surface area contributed by atoms with E-state index in [0.29, 0.717) is 55.4 Å². The third-order valence-corrected chi connectivity index (χ3v) is 5.56. The van der Waals surface area contributed by atoms with E-state index in [0.717, 1.165) is 6.42 Å². The first-order valence-corrected chi connectivity index (χ1v) is 13.8. The summed E-state index contributed by atoms with van der Waals surface area (Å²) >= 11 is 0. The molecule has 0 radical (unpaired) electrons. The van der Waals surface area contributed by atoms with Crippen molar-refractivity contribution in [2.24, 2.45) is 5.92 Å². The number of rotatable bonds is 12. The van der Waals surface area contributed by atoms with Gasteiger partial charge in [-0.25, -0.2) is 14.2 Å². The number of hydrogen-bond acceptors (Lipinski definition) is 7. The molecular formula is C30H43FN6O3. The number of unbranched alkanes of at least 4 members (excludes halogenated alkanes) is 1. The minimum atomic E-state index is -0.641. The van der Waals surface area contributed by atoms with Gasteiger partial charge in [-0.1, -0.05) is 38.7 Å². The molecule has 0 aliphatic heterocycles. The van der Waals surface area contributed by atoms with E-state index < -0.39 is 17.7 Å². The van der Waals surface area contributed by atoms with Crippen LogP contribution in [0.5, 0.6) is 0 Å². The summed E-state index contributed by atoms with van der Waals surface area (Å²) < 4.78 is 18.9. The number of benzene rings is 1. The summed E-state index contributed by atoms with van der Waals surface area (Å²) in [5.41, 5.74) is 0.561. The van der Waals surface area contributed by atoms with Crippen LogP contribution in [0.25, 0.3) is 0 Å². The van der Waals surface area contributed by atoms with Crippen LogP contribution in [0.4, 0.5) is 26.6 Å². The molecule has 0 aliphatic rings. The van der Waals surface area contributed by atoms with Crippen LogP contribution in [-0.2, 0) is 9.53 Å². The fraction of sp³-hybridized carbons (Fsp3) is 0.533. The van der Waals surface area contributed by atoms with Crippen molar-refractivity contribution in [3.05, 3.63) is 41.8 Å². The van der Waals surface area contributed by atoms with Crippen molar-refractivity contribution in [1.29, 1.82) is 0 Å². The Labute approximate surface area is 237 Å². The quantitative estimate of drug-likeness (QED) is 0.228. The van der Waals surface area contributed by atoms with Crippen molar-refractivity contribution < 1.29 is 18.7 Å². The van der Waals surface area contributed by atoms with E-state index in [1.165, 1.54) is 17.0 Å². The summed E-state index contributed by atoms with van der Waals surface area (Å²) in [6.45, 7) is 12.6. The van der Waals surface area contributed by atoms with E-state index in [2.05, 4.69) is 44.7 Å². The van der Waals surface area contributed by atoms with Crippen LogP contribution >= 0.6 is 0 Å². The molecule has 0 spiro atoms. The Morgan fingerprint density at radius 1 is 1.20 bits per heavy atom. The van der Waals surface area contributed by atoms with Crippen LogP contribution in [0, 0.1) is 23.6 Å². The third-order valence-electron chi connectivity index (χ3n) is 5.56. The highest BCUT2D eigenvalue weighted by Gasteiger charge is 2.30. The Kier molecular flexibility index (Phi) is 12.7. The highest BCUT2D eigenvalue weighted by molar-refractivity contribution is 5.85. The number of aromatic nitrogens is 2. The molecule has 10 heteroatoms. The molecule has 0 bridgehead atoms. The molecule has 0 unspecified atom stereocenters. The highest BCUT2D eigenvalue weighted by atomic mass is 19.1. The molecule has 1 aromatic heterocycles. The third kappa shape index (κ3) is 11.5. The average Bonchev–Trinajstić information content (AvgIpc) is 2.87. The normalized spacial score (nSPS) is 11.7. The Balaban J connectivity index is 1.96. The van der Waals surface area contributed by atoms with Crippen LogP contribution in [0.15, 0.2) is 30.5 Å². The summed E-state index contributed by atoms with van der Waals surface area (Å²) in [7, 11) is 1.59. The lowest BCUT2D eigenvalue weighted by Gasteiger charge is -2.30. The van der Waals surface area contributed by atoms with Crippen LogP contribution in [0.1, 0.15) is 72.8 Å². The van der Waals surface area contributed by atoms with E-state index in [9.17, 15) is 14.0 Å². The Hall–Kier alpha value is -3.87. The molecule has 0 aliphatic carbocycles. The maximum absolute atomic E-state index is 13.5. The summed E-state index contributed by atoms with van der Waals surface area (Å²) in [6.07, 6.45) is 3.73. The van der Waals surface area contributed by atoms with Gasteiger partial charge in [0.1, 0.15) is 23.3 Å². The van der Waals surface area contributed by atoms with Gasteiger partial charge in [0.2, 0.25) is 11.9 Å². The number of hydrogen-bond donors (Lipinski definition) is 3. The van der Waals surface area contributed by atoms with Gasteiger partial charge >= 0.3 is 6.09 Å². The molecule has 1 heterocycles. The summed E-state index contributed by atoms with van der Waals surface area (Å²) in [5.74, 6) is 6.82. The van der Waals surface area contributed by atoms with Crippen molar-refractivity contribution in [2.75, 3.05) is 30.8 Å². The van der Waals surface area contributed by atoms with Gasteiger partial charge in [0.15, 0.2) is 0 Å². The number of carbonyl (C=O) groups excluding carboxylic acids is 2. The van der Waals surface area contributed by atoms with Gasteiger partial charge in [-0.2, -0.15) is 4.98 Å². The fourth-order valence-electron chi connectivity index (χ4n) is 3.62. The number of nitrogens with one attached hydrogen (secondary N) is 3. The number of amides is 2. The molecule has 2 rings (SSSR count). The van der Waals surface area contributed by atoms with Crippen LogP contribution in [0.2, 0.25) is 0 Å². The first kappa shape index (κ1) is 32.3. The first-order valence-electron chi connectivity index (χ1n) is 13.8. The van der Waals surface area contributed by atoms with Gasteiger partial charge in [0, 0.05) is 32.2 Å². The maximum Gasteiger partial charge on any atom is 0.410 e. The molecule has 2 amide bonds. The smallest absolute Gasteiger partial charge is 0.410 e. The molecule has 9 nitrogen and oxygen atoms in total. The predicted molar refractivity (Wildman–Crippen MR) is 157 cm³/mol. The second-order valence-electron chi connectivity index (χ2n) is 11.0. The average molecular weight is 555 g/mol. The van der Waals surface area contributed by atoms with Crippen LogP contribution in [0.3, 0.4) is 0 Å². The summed E-state index contributed by atoms with van der Waals surface area (Å²) in [4.78, 5) is 35.7. The van der Waals surface area contributed by atoms with E-state index in [1.54, 1.807) is 46.1 Å². The number of halogens is 1. The monoisotopic (exact) mass is 554 g/mol. The molecule has 3 N–H and O–H groups in total. The molecule has 0 saturated heterocycles. The van der Waals surface area contributed by atoms with Gasteiger partial charge in [-0.05, 0) is 64.2 Å². The number of anilines is 3. The zero-order chi connectivity index (χ0) is 29.7. The summed E-state index contributed by atoms with van der Waals surface area (Å²) in [5, 5.41) is 9.20. The summed E-state index contributed by atoms with van der Waals surface area (Å²) in [6, 6.07) is 5.47. The molecule has 40 heavy (non-hydrogen) atoms. The lowest BCUT2D eigenvalue weighted by Crippen LogP contribution is -2.49. The van der Waals surface area contributed by atoms with Crippen LogP contribution < -0.4 is 16.0 Å². The number of carbonyl (C=O) groups is 2. The standard InChI is InChI=1S/C30H43FN6O3/c1-8-16-32-26-22(20-34-28(36-26)35-24-15-12-14-23(31)19-24)13-10-9-11-17-33-27(38)25(18-21(2)3)37(7)29(39)40-30(4,5)6/h12,14-15,19-21,25H,8-9,11,16-18H2,1-7H3,(H,33,38)(H2,32,34,35,36)/t25-/m0/s1. The van der Waals surface area contributed by atoms with Gasteiger partial charge in [-0.3, -0.25) is 9.69 Å². The van der Waals surface area contributed by atoms with E-state index in [4.69, 9.17) is 4.74 Å². The Morgan fingerprint density at radius 2 is 1.95 bits per heavy atom. The molecule has 218 valence electrons. The topological polar surface area (TPSA) is 108 Å². The molecule has 2 aromatic rings. The van der Waals surface area contributed by atoms with Crippen LogP contribution in [-0.4, -0.2) is 58.6 Å². The zero-order valence-corrected chi connectivity index (χ0v) is 24.7. The minimum absolute atomic E-state index is 0.212. The fourth-order valence-corrected chi connectivity index (χ4v) is 3.62. The minimum Gasteiger partial charge on any atom is -0.444 e. The molecule has 1 aromatic carbocycles. The lowest BCUT2D eigenvalue weighted by atomic mass is 10.0. The van der Waals surface area contributed by atoms with Crippen molar-refractivity contribution in [3.8, 4) is 11.8 Å². The molecular weight excluding hydrogens is 511 g/mol. The molecule has 1 atom stereocenters. The number of likely N-dealkylation sites (N-methyl/N-ethyl adjacent to an activating group) is 1. The van der Waals surface area contributed by atoms with Crippen molar-refractivity contribution in [2.45, 2.75) is 78.9 Å². The van der Waals surface area contributed by atoms with Gasteiger partial charge in [0.25, 0.3) is 0 Å². The van der Waals surface area contributed by atoms with Gasteiger partial charge in [0.05, 0.1) is 11.8 Å². The van der Waals surface area contributed by atoms with E-state index in [-0.39, 0.29) is 17.6 Å². The molecule has 0 saturated carbocycles. The largest absolute Gasteiger partial charge is 0.444 e. The SMILES string of the molecule is CCCNc1nc(Nc2cccc(F)c2)ncc1C#CCCCNC(=O)[C@H](CC(C)C)N(C)C(=O)OC(C)(C)C.